The Kier molecular flexibility index (Phi) is 9.43. The number of carbonyl (C=O) groups excluding carboxylic acids is 1. The normalized spacial score (nSPS) is 43.6. The first-order valence-electron chi connectivity index (χ1n) is 22.5. The number of rotatable bonds is 12. The molecule has 0 amide bonds. The van der Waals surface area contributed by atoms with E-state index in [0.717, 1.165) is 67.7 Å². The zero-order chi connectivity index (χ0) is 40.3. The van der Waals surface area contributed by atoms with E-state index < -0.39 is 45.7 Å². The molecule has 2 spiro atoms. The summed E-state index contributed by atoms with van der Waals surface area (Å²) >= 11 is 0. The molecule has 8 heteroatoms. The number of fused-ring (bicyclic) bond motifs is 1. The Morgan fingerprint density at radius 3 is 2.22 bits per heavy atom. The van der Waals surface area contributed by atoms with E-state index in [2.05, 4.69) is 37.0 Å². The Morgan fingerprint density at radius 2 is 1.52 bits per heavy atom. The minimum absolute atomic E-state index is 0.0667. The highest BCUT2D eigenvalue weighted by Crippen LogP contribution is 2.78. The number of hydrogen-bond acceptors (Lipinski definition) is 6. The van der Waals surface area contributed by atoms with Crippen molar-refractivity contribution in [2.45, 2.75) is 122 Å². The number of ether oxygens (including phenoxy) is 1. The molecular weight excluding hydrogens is 733 g/mol. The molecule has 2 aromatic carbocycles. The van der Waals surface area contributed by atoms with Crippen LogP contribution in [0.4, 0.5) is 8.78 Å². The third kappa shape index (κ3) is 5.95. The summed E-state index contributed by atoms with van der Waals surface area (Å²) in [6, 6.07) is 13.5. The molecule has 0 aliphatic heterocycles. The second kappa shape index (κ2) is 13.9. The molecule has 7 saturated carbocycles. The third-order valence-electron chi connectivity index (χ3n) is 18.2. The molecule has 9 atom stereocenters. The van der Waals surface area contributed by atoms with Gasteiger partial charge in [0.25, 0.3) is 0 Å². The molecular formula is C50H63F2NO5. The van der Waals surface area contributed by atoms with Crippen molar-refractivity contribution in [1.82, 2.24) is 4.90 Å². The van der Waals surface area contributed by atoms with E-state index in [1.54, 1.807) is 0 Å². The lowest BCUT2D eigenvalue weighted by Crippen LogP contribution is -2.67. The Labute approximate surface area is 343 Å². The minimum Gasteiger partial charge on any atom is -0.393 e. The number of carbonyl (C=O) groups is 1. The minimum atomic E-state index is -1.08. The van der Waals surface area contributed by atoms with Gasteiger partial charge in [0.05, 0.1) is 31.0 Å². The largest absolute Gasteiger partial charge is 0.393 e. The Balaban J connectivity index is 0.980. The zero-order valence-electron chi connectivity index (χ0n) is 34.5. The number of aliphatic hydroxyl groups excluding tert-OH is 2. The summed E-state index contributed by atoms with van der Waals surface area (Å²) in [6.45, 7) is 7.01. The molecule has 0 saturated heterocycles. The van der Waals surface area contributed by atoms with E-state index in [4.69, 9.17) is 4.74 Å². The second-order valence-electron chi connectivity index (χ2n) is 21.5. The van der Waals surface area contributed by atoms with Gasteiger partial charge in [0, 0.05) is 47.0 Å². The van der Waals surface area contributed by atoms with Crippen LogP contribution in [0.3, 0.4) is 0 Å². The average Bonchev–Trinajstić information content (AvgIpc) is 3.44. The van der Waals surface area contributed by atoms with E-state index in [0.29, 0.717) is 44.5 Å². The summed E-state index contributed by atoms with van der Waals surface area (Å²) in [4.78, 5) is 17.3. The monoisotopic (exact) mass is 795 g/mol. The first kappa shape index (κ1) is 39.4. The molecule has 58 heavy (non-hydrogen) atoms. The van der Waals surface area contributed by atoms with Gasteiger partial charge in [-0.05, 0) is 148 Å². The number of Topliss-reactive ketones (excluding diaryl/α,β-unsaturated/α-hetero) is 1. The van der Waals surface area contributed by atoms with Gasteiger partial charge in [0.1, 0.15) is 0 Å². The quantitative estimate of drug-likeness (QED) is 0.147. The van der Waals surface area contributed by atoms with Gasteiger partial charge in [0.15, 0.2) is 17.4 Å². The van der Waals surface area contributed by atoms with E-state index in [9.17, 15) is 28.9 Å². The number of halogens is 2. The molecule has 7 fully saturated rings. The topological polar surface area (TPSA) is 90.2 Å². The Morgan fingerprint density at radius 1 is 0.845 bits per heavy atom. The fraction of sp³-hybridized carbons (Fsp3) is 0.660. The molecule has 6 nitrogen and oxygen atoms in total. The van der Waals surface area contributed by atoms with Crippen LogP contribution in [0.25, 0.3) is 0 Å². The van der Waals surface area contributed by atoms with Crippen LogP contribution in [0.2, 0.25) is 0 Å². The Hall–Kier alpha value is -2.75. The van der Waals surface area contributed by atoms with Gasteiger partial charge in [-0.3, -0.25) is 9.69 Å². The fourth-order valence-corrected chi connectivity index (χ4v) is 16.1. The third-order valence-corrected chi connectivity index (χ3v) is 18.2. The fourth-order valence-electron chi connectivity index (χ4n) is 16.1. The predicted molar refractivity (Wildman–Crippen MR) is 218 cm³/mol. The van der Waals surface area contributed by atoms with Crippen molar-refractivity contribution in [2.75, 3.05) is 26.2 Å². The highest BCUT2D eigenvalue weighted by Gasteiger charge is 2.74. The SMILES string of the molecule is C[C@]12CC[C@H]3[C@]4(C=C[C@@]5(C=C4C(=O)c4ccc(F)c(F)c4)CC(O)CC[C@]35C)[C@@H]1CC[C@@]2(O)CN(C[C@@H](O)COCc1ccccc1)CC12CC3CC(CC(C3)C1)C2. The van der Waals surface area contributed by atoms with Crippen molar-refractivity contribution < 1.29 is 33.6 Å². The summed E-state index contributed by atoms with van der Waals surface area (Å²) in [5.41, 5.74) is -1.01. The van der Waals surface area contributed by atoms with E-state index in [1.165, 1.54) is 44.6 Å². The number of hydrogen-bond donors (Lipinski definition) is 3. The zero-order valence-corrected chi connectivity index (χ0v) is 34.5. The number of ketones is 1. The van der Waals surface area contributed by atoms with Gasteiger partial charge in [-0.15, -0.1) is 0 Å². The molecule has 2 aromatic rings. The van der Waals surface area contributed by atoms with Crippen LogP contribution in [0.15, 0.2) is 72.3 Å². The lowest BCUT2D eigenvalue weighted by atomic mass is 9.32. The molecule has 6 bridgehead atoms. The van der Waals surface area contributed by atoms with Crippen LogP contribution in [-0.2, 0) is 11.3 Å². The standard InChI is InChI=1S/C50H63F2NO5/c1-45-13-10-37(54)25-48(45)16-17-50(39(26-48)44(56)36-8-9-40(51)41(52)21-36)42(45)11-14-46(2)43(50)12-15-49(46,57)31-53(27-38(55)29-58-28-32-6-4-3-5-7-32)30-47-22-33-18-34(23-47)20-35(19-33)24-47/h3-9,16-17,21,26,33-35,37-38,42-43,54-55,57H,10-15,18-20,22-25,27-31H2,1-2H3/t33?,34?,35?,37?,38-,42-,43-,45-,46+,47?,48+,49-,50-/m1/s1. The number of aliphatic hydroxyl groups is 3. The maximum absolute atomic E-state index is 14.9. The van der Waals surface area contributed by atoms with Gasteiger partial charge in [-0.2, -0.15) is 0 Å². The first-order chi connectivity index (χ1) is 27.7. The highest BCUT2D eigenvalue weighted by molar-refractivity contribution is 6.10. The van der Waals surface area contributed by atoms with Gasteiger partial charge in [-0.25, -0.2) is 8.78 Å². The lowest BCUT2D eigenvalue weighted by molar-refractivity contribution is -0.179. The van der Waals surface area contributed by atoms with Crippen molar-refractivity contribution in [3.63, 3.8) is 0 Å². The van der Waals surface area contributed by atoms with Gasteiger partial charge < -0.3 is 20.1 Å². The highest BCUT2D eigenvalue weighted by atomic mass is 19.2. The number of allylic oxidation sites excluding steroid dienone is 4. The van der Waals surface area contributed by atoms with Crippen molar-refractivity contribution >= 4 is 5.78 Å². The van der Waals surface area contributed by atoms with E-state index >= 15 is 0 Å². The molecule has 312 valence electrons. The maximum Gasteiger partial charge on any atom is 0.189 e. The summed E-state index contributed by atoms with van der Waals surface area (Å²) in [6.07, 6.45) is 18.3. The first-order valence-corrected chi connectivity index (χ1v) is 22.5. The summed E-state index contributed by atoms with van der Waals surface area (Å²) in [5.74, 6) is 0.0877. The molecule has 0 heterocycles. The van der Waals surface area contributed by atoms with Crippen molar-refractivity contribution in [3.05, 3.63) is 95.1 Å². The summed E-state index contributed by atoms with van der Waals surface area (Å²) < 4.78 is 35.0. The summed E-state index contributed by atoms with van der Waals surface area (Å²) in [5, 5.41) is 36.1. The molecule has 10 aliphatic carbocycles. The van der Waals surface area contributed by atoms with Gasteiger partial charge in [0.2, 0.25) is 0 Å². The summed E-state index contributed by atoms with van der Waals surface area (Å²) in [7, 11) is 0. The molecule has 12 rings (SSSR count). The molecule has 3 N–H and O–H groups in total. The van der Waals surface area contributed by atoms with Crippen molar-refractivity contribution in [1.29, 1.82) is 0 Å². The maximum atomic E-state index is 14.9. The van der Waals surface area contributed by atoms with Crippen LogP contribution in [-0.4, -0.2) is 70.1 Å². The molecule has 1 unspecified atom stereocenters. The van der Waals surface area contributed by atoms with Crippen LogP contribution in [0, 0.1) is 68.3 Å². The molecule has 0 aromatic heterocycles. The smallest absolute Gasteiger partial charge is 0.189 e. The molecule has 10 aliphatic rings. The van der Waals surface area contributed by atoms with Crippen LogP contribution in [0.5, 0.6) is 0 Å². The average molecular weight is 796 g/mol. The second-order valence-corrected chi connectivity index (χ2v) is 21.5. The van der Waals surface area contributed by atoms with Gasteiger partial charge in [-0.1, -0.05) is 62.4 Å². The molecule has 0 radical (unpaired) electrons. The van der Waals surface area contributed by atoms with Crippen LogP contribution in [0.1, 0.15) is 113 Å². The Bertz CT molecular complexity index is 1970. The van der Waals surface area contributed by atoms with Crippen LogP contribution < -0.4 is 0 Å². The van der Waals surface area contributed by atoms with Gasteiger partial charge >= 0.3 is 0 Å². The van der Waals surface area contributed by atoms with E-state index in [-0.39, 0.29) is 40.6 Å². The lowest BCUT2D eigenvalue weighted by Gasteiger charge is -2.71. The van der Waals surface area contributed by atoms with E-state index in [1.807, 2.05) is 30.3 Å². The van der Waals surface area contributed by atoms with Crippen molar-refractivity contribution in [2.24, 2.45) is 56.7 Å². The number of nitrogens with zero attached hydrogens (tertiary/aromatic N) is 1. The van der Waals surface area contributed by atoms with Crippen LogP contribution >= 0.6 is 0 Å². The number of benzene rings is 2. The predicted octanol–water partition coefficient (Wildman–Crippen LogP) is 8.83. The van der Waals surface area contributed by atoms with Crippen molar-refractivity contribution in [3.8, 4) is 0 Å².